The fourth-order valence-corrected chi connectivity index (χ4v) is 3.66. The van der Waals surface area contributed by atoms with E-state index in [-0.39, 0.29) is 11.9 Å². The van der Waals surface area contributed by atoms with Crippen LogP contribution in [0.25, 0.3) is 5.65 Å². The summed E-state index contributed by atoms with van der Waals surface area (Å²) in [6.07, 6.45) is 2.33. The summed E-state index contributed by atoms with van der Waals surface area (Å²) in [6.45, 7) is 5.26. The number of carbonyl (C=O) groups excluding carboxylic acids is 1. The second kappa shape index (κ2) is 5.77. The highest BCUT2D eigenvalue weighted by Gasteiger charge is 2.35. The Morgan fingerprint density at radius 2 is 2.00 bits per heavy atom. The second-order valence-corrected chi connectivity index (χ2v) is 7.58. The topological polar surface area (TPSA) is 95.3 Å². The van der Waals surface area contributed by atoms with E-state index in [0.717, 1.165) is 54.6 Å². The lowest BCUT2D eigenvalue weighted by Gasteiger charge is -2.44. The fraction of sp³-hybridized carbons (Fsp3) is 0.500. The number of hydrogen-bond donors (Lipinski definition) is 1. The van der Waals surface area contributed by atoms with E-state index in [1.165, 1.54) is 0 Å². The van der Waals surface area contributed by atoms with E-state index >= 15 is 0 Å². The number of aromatic amines is 1. The quantitative estimate of drug-likeness (QED) is 0.748. The predicted molar refractivity (Wildman–Crippen MR) is 98.9 cm³/mol. The molecular weight excluding hydrogens is 344 g/mol. The Kier molecular flexibility index (Phi) is 3.46. The van der Waals surface area contributed by atoms with Crippen LogP contribution in [0, 0.1) is 13.8 Å². The number of likely N-dealkylation sites (N-methyl/N-ethyl adjacent to an activating group) is 1. The average Bonchev–Trinajstić information content (AvgIpc) is 3.29. The number of anilines is 1. The molecule has 0 unspecified atom stereocenters. The maximum atomic E-state index is 12.8. The van der Waals surface area contributed by atoms with E-state index in [9.17, 15) is 4.79 Å². The zero-order chi connectivity index (χ0) is 18.7. The molecular formula is C18H22N8O. The number of H-pyrrole nitrogens is 1. The lowest BCUT2D eigenvalue weighted by Crippen LogP contribution is -2.60. The summed E-state index contributed by atoms with van der Waals surface area (Å²) >= 11 is 0. The summed E-state index contributed by atoms with van der Waals surface area (Å²) in [5.41, 5.74) is 3.02. The molecule has 1 N–H and O–H groups in total. The Labute approximate surface area is 156 Å². The molecule has 0 aromatic carbocycles. The average molecular weight is 366 g/mol. The van der Waals surface area contributed by atoms with Crippen LogP contribution >= 0.6 is 0 Å². The summed E-state index contributed by atoms with van der Waals surface area (Å²) in [5, 5.41) is 20.2. The molecule has 0 radical (unpaired) electrons. The molecule has 1 saturated carbocycles. The summed E-state index contributed by atoms with van der Waals surface area (Å²) < 4.78 is 1.87. The van der Waals surface area contributed by atoms with Gasteiger partial charge in [-0.3, -0.25) is 9.89 Å². The van der Waals surface area contributed by atoms with Crippen molar-refractivity contribution in [2.75, 3.05) is 25.0 Å². The third kappa shape index (κ3) is 2.56. The van der Waals surface area contributed by atoms with Crippen LogP contribution in [0.3, 0.4) is 0 Å². The van der Waals surface area contributed by atoms with Crippen molar-refractivity contribution in [1.82, 2.24) is 34.9 Å². The Bertz CT molecular complexity index is 1010. The van der Waals surface area contributed by atoms with Crippen LogP contribution in [0.1, 0.15) is 46.3 Å². The first-order valence-corrected chi connectivity index (χ1v) is 9.29. The van der Waals surface area contributed by atoms with Gasteiger partial charge in [0.25, 0.3) is 5.91 Å². The monoisotopic (exact) mass is 366 g/mol. The molecule has 1 saturated heterocycles. The van der Waals surface area contributed by atoms with E-state index in [1.54, 1.807) is 0 Å². The van der Waals surface area contributed by atoms with E-state index in [4.69, 9.17) is 5.10 Å². The first-order chi connectivity index (χ1) is 13.0. The van der Waals surface area contributed by atoms with Crippen molar-refractivity contribution in [3.05, 3.63) is 34.9 Å². The minimum Gasteiger partial charge on any atom is -0.351 e. The van der Waals surface area contributed by atoms with Gasteiger partial charge in [0.15, 0.2) is 11.5 Å². The second-order valence-electron chi connectivity index (χ2n) is 7.58. The van der Waals surface area contributed by atoms with E-state index < -0.39 is 0 Å². The molecule has 3 aromatic rings. The minimum absolute atomic E-state index is 0.0154. The van der Waals surface area contributed by atoms with Gasteiger partial charge in [-0.1, -0.05) is 0 Å². The van der Waals surface area contributed by atoms with Crippen LogP contribution in [0.5, 0.6) is 0 Å². The highest BCUT2D eigenvalue weighted by molar-refractivity contribution is 5.96. The Hall–Kier alpha value is -2.97. The van der Waals surface area contributed by atoms with Crippen LogP contribution in [-0.4, -0.2) is 67.0 Å². The number of rotatable bonds is 4. The Morgan fingerprint density at radius 3 is 2.67 bits per heavy atom. The van der Waals surface area contributed by atoms with Crippen molar-refractivity contribution >= 4 is 17.4 Å². The number of aryl methyl sites for hydroxylation is 2. The predicted octanol–water partition coefficient (Wildman–Crippen LogP) is 1.30. The zero-order valence-electron chi connectivity index (χ0n) is 15.7. The first-order valence-electron chi connectivity index (χ1n) is 9.29. The van der Waals surface area contributed by atoms with Gasteiger partial charge in [-0.2, -0.15) is 9.61 Å². The van der Waals surface area contributed by atoms with E-state index in [0.29, 0.717) is 11.5 Å². The maximum absolute atomic E-state index is 12.8. The number of amides is 1. The van der Waals surface area contributed by atoms with Crippen molar-refractivity contribution < 1.29 is 4.79 Å². The van der Waals surface area contributed by atoms with Crippen LogP contribution < -0.4 is 4.90 Å². The van der Waals surface area contributed by atoms with Crippen LogP contribution in [0.2, 0.25) is 0 Å². The van der Waals surface area contributed by atoms with Crippen LogP contribution in [0.4, 0.5) is 5.82 Å². The molecule has 1 aliphatic heterocycles. The maximum Gasteiger partial charge on any atom is 0.257 e. The van der Waals surface area contributed by atoms with Crippen molar-refractivity contribution in [2.45, 2.75) is 38.6 Å². The molecule has 2 aliphatic rings. The molecule has 1 aliphatic carbocycles. The molecule has 27 heavy (non-hydrogen) atoms. The molecule has 4 heterocycles. The van der Waals surface area contributed by atoms with Gasteiger partial charge >= 0.3 is 0 Å². The number of nitrogens with one attached hydrogen (secondary N) is 1. The Balaban J connectivity index is 1.31. The largest absolute Gasteiger partial charge is 0.351 e. The van der Waals surface area contributed by atoms with Gasteiger partial charge in [0.1, 0.15) is 5.82 Å². The van der Waals surface area contributed by atoms with Gasteiger partial charge in [-0.25, -0.2) is 0 Å². The third-order valence-corrected chi connectivity index (χ3v) is 5.61. The SMILES string of the molecule is Cc1n[nH]c(C)c1C(=O)N(C)C1CN(c2ccc3nnc(C4CC4)n3n2)C1. The summed E-state index contributed by atoms with van der Waals surface area (Å²) in [5.74, 6) is 2.37. The van der Waals surface area contributed by atoms with Gasteiger partial charge in [0.2, 0.25) is 0 Å². The lowest BCUT2D eigenvalue weighted by atomic mass is 10.1. The molecule has 2 fully saturated rings. The smallest absolute Gasteiger partial charge is 0.257 e. The highest BCUT2D eigenvalue weighted by atomic mass is 16.2. The van der Waals surface area contributed by atoms with Crippen molar-refractivity contribution in [2.24, 2.45) is 0 Å². The van der Waals surface area contributed by atoms with Gasteiger partial charge in [0, 0.05) is 31.7 Å². The van der Waals surface area contributed by atoms with E-state index in [2.05, 4.69) is 25.3 Å². The van der Waals surface area contributed by atoms with Crippen molar-refractivity contribution in [3.8, 4) is 0 Å². The summed E-state index contributed by atoms with van der Waals surface area (Å²) in [7, 11) is 1.86. The molecule has 9 heteroatoms. The molecule has 9 nitrogen and oxygen atoms in total. The number of hydrogen-bond acceptors (Lipinski definition) is 6. The molecule has 0 spiro atoms. The van der Waals surface area contributed by atoms with Crippen LogP contribution in [0.15, 0.2) is 12.1 Å². The van der Waals surface area contributed by atoms with Crippen molar-refractivity contribution in [3.63, 3.8) is 0 Å². The number of fused-ring (bicyclic) bond motifs is 1. The van der Waals surface area contributed by atoms with Gasteiger partial charge < -0.3 is 9.80 Å². The lowest BCUT2D eigenvalue weighted by molar-refractivity contribution is 0.0703. The third-order valence-electron chi connectivity index (χ3n) is 5.61. The van der Waals surface area contributed by atoms with Gasteiger partial charge in [-0.05, 0) is 38.8 Å². The minimum atomic E-state index is 0.0154. The number of nitrogens with zero attached hydrogens (tertiary/aromatic N) is 7. The molecule has 1 amide bonds. The fourth-order valence-electron chi connectivity index (χ4n) is 3.66. The van der Waals surface area contributed by atoms with Crippen LogP contribution in [-0.2, 0) is 0 Å². The molecule has 3 aromatic heterocycles. The molecule has 140 valence electrons. The molecule has 0 bridgehead atoms. The highest BCUT2D eigenvalue weighted by Crippen LogP contribution is 2.38. The Morgan fingerprint density at radius 1 is 1.22 bits per heavy atom. The summed E-state index contributed by atoms with van der Waals surface area (Å²) in [4.78, 5) is 16.8. The first kappa shape index (κ1) is 16.2. The molecule has 5 rings (SSSR count). The number of carbonyl (C=O) groups is 1. The molecule has 0 atom stereocenters. The van der Waals surface area contributed by atoms with Gasteiger partial charge in [-0.15, -0.1) is 15.3 Å². The number of aromatic nitrogens is 6. The summed E-state index contributed by atoms with van der Waals surface area (Å²) in [6, 6.07) is 4.09. The standard InChI is InChI=1S/C18H22N8O/c1-10-16(11(2)20-19-10)18(27)24(3)13-8-25(9-13)15-7-6-14-21-22-17(12-4-5-12)26(14)23-15/h6-7,12-13H,4-5,8-9H2,1-3H3,(H,19,20). The normalized spacial score (nSPS) is 17.4. The van der Waals surface area contributed by atoms with Gasteiger partial charge in [0.05, 0.1) is 17.3 Å². The van der Waals surface area contributed by atoms with E-state index in [1.807, 2.05) is 42.4 Å². The van der Waals surface area contributed by atoms with Crippen molar-refractivity contribution in [1.29, 1.82) is 0 Å². The zero-order valence-corrected chi connectivity index (χ0v) is 15.7.